The van der Waals surface area contributed by atoms with E-state index in [9.17, 15) is 32.3 Å². The van der Waals surface area contributed by atoms with Crippen molar-refractivity contribution in [2.45, 2.75) is 46.4 Å². The van der Waals surface area contributed by atoms with Crippen LogP contribution in [0.3, 0.4) is 0 Å². The fourth-order valence-corrected chi connectivity index (χ4v) is 4.08. The lowest BCUT2D eigenvalue weighted by Crippen LogP contribution is -2.42. The van der Waals surface area contributed by atoms with E-state index in [-0.39, 0.29) is 34.3 Å². The molecule has 0 saturated heterocycles. The van der Waals surface area contributed by atoms with Crippen LogP contribution in [0.2, 0.25) is 0 Å². The number of hydrogen-bond acceptors (Lipinski definition) is 10. The maximum atomic E-state index is 13.4. The summed E-state index contributed by atoms with van der Waals surface area (Å²) in [6.45, 7) is 7.71. The van der Waals surface area contributed by atoms with Gasteiger partial charge >= 0.3 is 12.3 Å². The quantitative estimate of drug-likeness (QED) is 0.188. The summed E-state index contributed by atoms with van der Waals surface area (Å²) in [4.78, 5) is 60.3. The number of halogens is 3. The van der Waals surface area contributed by atoms with E-state index in [1.807, 2.05) is 32.8 Å². The predicted molar refractivity (Wildman–Crippen MR) is 179 cm³/mol. The van der Waals surface area contributed by atoms with Gasteiger partial charge in [0.2, 0.25) is 5.89 Å². The maximum Gasteiger partial charge on any atom is 0.416 e. The van der Waals surface area contributed by atoms with Crippen molar-refractivity contribution < 1.29 is 41.5 Å². The number of oxazole rings is 1. The summed E-state index contributed by atoms with van der Waals surface area (Å²) >= 11 is 0. The number of nitrogens with zero attached hydrogens (tertiary/aromatic N) is 6. The maximum absolute atomic E-state index is 13.4. The molecule has 2 N–H and O–H groups in total. The molecule has 0 bridgehead atoms. The number of aromatic nitrogens is 4. The Bertz CT molecular complexity index is 1780. The average molecular weight is 701 g/mol. The average Bonchev–Trinajstić information content (AvgIpc) is 3.72. The van der Waals surface area contributed by atoms with Crippen molar-refractivity contribution in [1.82, 2.24) is 30.0 Å². The van der Waals surface area contributed by atoms with Crippen LogP contribution < -0.4 is 15.5 Å². The summed E-state index contributed by atoms with van der Waals surface area (Å²) in [6, 6.07) is 8.86. The molecule has 14 nitrogen and oxygen atoms in total. The lowest BCUT2D eigenvalue weighted by molar-refractivity contribution is -0.119. The number of carbonyl (C=O) groups excluding carboxylic acids is 4. The van der Waals surface area contributed by atoms with Crippen molar-refractivity contribution in [3.05, 3.63) is 72.0 Å². The molecule has 0 aliphatic carbocycles. The summed E-state index contributed by atoms with van der Waals surface area (Å²) < 4.78 is 52.1. The number of carbonyl (C=O) groups is 4. The third kappa shape index (κ3) is 11.0. The zero-order chi connectivity index (χ0) is 37.2. The Morgan fingerprint density at radius 3 is 2.32 bits per heavy atom. The zero-order valence-corrected chi connectivity index (χ0v) is 28.7. The number of alkyl halides is 3. The Balaban J connectivity index is 0.00000332. The van der Waals surface area contributed by atoms with E-state index >= 15 is 0 Å². The highest BCUT2D eigenvalue weighted by molar-refractivity contribution is 6.07. The zero-order valence-electron chi connectivity index (χ0n) is 28.7. The van der Waals surface area contributed by atoms with Crippen LogP contribution in [0.5, 0.6) is 0 Å². The van der Waals surface area contributed by atoms with E-state index in [2.05, 4.69) is 25.7 Å². The van der Waals surface area contributed by atoms with Crippen LogP contribution in [0.15, 0.2) is 59.5 Å². The van der Waals surface area contributed by atoms with Gasteiger partial charge in [-0.05, 0) is 71.3 Å². The molecule has 0 saturated carbocycles. The monoisotopic (exact) mass is 700 g/mol. The van der Waals surface area contributed by atoms with E-state index < -0.39 is 36.2 Å². The molecule has 4 aromatic rings. The van der Waals surface area contributed by atoms with E-state index in [0.717, 1.165) is 18.5 Å². The van der Waals surface area contributed by atoms with Crippen LogP contribution in [-0.4, -0.2) is 94.3 Å². The molecule has 17 heteroatoms. The molecule has 3 amide bonds. The number of ether oxygens (including phenoxy) is 1. The number of pyridine rings is 1. The summed E-state index contributed by atoms with van der Waals surface area (Å²) in [7, 11) is 3.68. The first kappa shape index (κ1) is 38.9. The van der Waals surface area contributed by atoms with Gasteiger partial charge in [0.05, 0.1) is 17.6 Å². The molecule has 0 fully saturated rings. The Morgan fingerprint density at radius 2 is 1.72 bits per heavy atom. The topological polar surface area (TPSA) is 165 Å². The van der Waals surface area contributed by atoms with E-state index in [1.54, 1.807) is 24.3 Å². The first-order valence-electron chi connectivity index (χ1n) is 15.4. The van der Waals surface area contributed by atoms with Gasteiger partial charge in [-0.15, -0.1) is 0 Å². The molecule has 0 atom stereocenters. The second-order valence-electron chi connectivity index (χ2n) is 11.7. The lowest BCUT2D eigenvalue weighted by Gasteiger charge is -2.27. The van der Waals surface area contributed by atoms with Crippen LogP contribution in [0.1, 0.15) is 66.0 Å². The Kier molecular flexibility index (Phi) is 13.0. The molecule has 3 aromatic heterocycles. The third-order valence-electron chi connectivity index (χ3n) is 6.27. The van der Waals surface area contributed by atoms with Gasteiger partial charge in [-0.2, -0.15) is 18.3 Å². The molecule has 0 unspecified atom stereocenters. The summed E-state index contributed by atoms with van der Waals surface area (Å²) in [5, 5.41) is 9.67. The molecule has 50 heavy (non-hydrogen) atoms. The summed E-state index contributed by atoms with van der Waals surface area (Å²) in [5.41, 5.74) is -0.317. The summed E-state index contributed by atoms with van der Waals surface area (Å²) in [5.74, 6) is -1.90. The van der Waals surface area contributed by atoms with E-state index in [4.69, 9.17) is 9.15 Å². The number of likely N-dealkylation sites (N-methyl/N-ethyl adjacent to an activating group) is 1. The number of benzene rings is 1. The van der Waals surface area contributed by atoms with Crippen LogP contribution in [0.25, 0.3) is 17.1 Å². The number of anilines is 2. The molecule has 3 heterocycles. The van der Waals surface area contributed by atoms with Gasteiger partial charge in [-0.3, -0.25) is 19.3 Å². The van der Waals surface area contributed by atoms with Gasteiger partial charge in [-0.1, -0.05) is 13.8 Å². The summed E-state index contributed by atoms with van der Waals surface area (Å²) in [6.07, 6.45) is -1.76. The minimum absolute atomic E-state index is 0.0396. The van der Waals surface area contributed by atoms with E-state index in [1.165, 1.54) is 37.7 Å². The highest BCUT2D eigenvalue weighted by atomic mass is 19.4. The van der Waals surface area contributed by atoms with Crippen LogP contribution >= 0.6 is 0 Å². The predicted octanol–water partition coefficient (Wildman–Crippen LogP) is 5.61. The van der Waals surface area contributed by atoms with Gasteiger partial charge < -0.3 is 24.7 Å². The van der Waals surface area contributed by atoms with Crippen molar-refractivity contribution >= 4 is 35.7 Å². The molecular formula is C33H39F3N8O6. The van der Waals surface area contributed by atoms with Gasteiger partial charge in [-0.25, -0.2) is 19.4 Å². The van der Waals surface area contributed by atoms with Crippen molar-refractivity contribution in [2.75, 3.05) is 43.9 Å². The van der Waals surface area contributed by atoms with Gasteiger partial charge in [0.1, 0.15) is 30.5 Å². The first-order chi connectivity index (χ1) is 23.5. The normalized spacial score (nSPS) is 11.3. The molecule has 4 rings (SSSR count). The Hall–Kier alpha value is -5.58. The minimum Gasteiger partial charge on any atom is -0.444 e. The highest BCUT2D eigenvalue weighted by Crippen LogP contribution is 2.27. The number of aldehydes is 1. The lowest BCUT2D eigenvalue weighted by atomic mass is 10.2. The fourth-order valence-electron chi connectivity index (χ4n) is 4.08. The molecular weight excluding hydrogens is 661 g/mol. The van der Waals surface area contributed by atoms with Crippen molar-refractivity contribution in [1.29, 1.82) is 0 Å². The van der Waals surface area contributed by atoms with Crippen LogP contribution in [0, 0.1) is 0 Å². The molecule has 0 aliphatic rings. The molecule has 0 aliphatic heterocycles. The van der Waals surface area contributed by atoms with Crippen molar-refractivity contribution in [3.63, 3.8) is 0 Å². The number of nitrogens with one attached hydrogen (secondary N) is 2. The van der Waals surface area contributed by atoms with Gasteiger partial charge in [0.15, 0.2) is 11.4 Å². The van der Waals surface area contributed by atoms with E-state index in [0.29, 0.717) is 35.5 Å². The Morgan fingerprint density at radius 1 is 1.04 bits per heavy atom. The van der Waals surface area contributed by atoms with Crippen molar-refractivity contribution in [2.24, 2.45) is 0 Å². The smallest absolute Gasteiger partial charge is 0.416 e. The molecule has 1 aromatic carbocycles. The second kappa shape index (κ2) is 16.7. The van der Waals surface area contributed by atoms with Crippen molar-refractivity contribution in [3.8, 4) is 17.1 Å². The number of rotatable bonds is 11. The van der Waals surface area contributed by atoms with Crippen LogP contribution in [-0.2, 0) is 4.74 Å². The molecule has 0 radical (unpaired) electrons. The minimum atomic E-state index is -4.77. The highest BCUT2D eigenvalue weighted by Gasteiger charge is 2.37. The standard InChI is InChI=1S/C31H33F3N8O6.C2H6/c1-30(2,3)48-29(46)41(18-31(32,33)34)24-14-20(10-11-35-24)28-38-23(17-47-28)26(44)37-22-15-42(21-8-6-19(16-43)7-9-21)39-25(22)27(45)36-12-13-40(4)5;1-2/h6-11,14-17H,12-13,18H2,1-5H3,(H,36,45)(H,37,44);1-2H3. The van der Waals surface area contributed by atoms with Crippen LogP contribution in [0.4, 0.5) is 29.5 Å². The molecule has 268 valence electrons. The number of hydrogen-bond donors (Lipinski definition) is 2. The fraction of sp³-hybridized carbons (Fsp3) is 0.364. The largest absolute Gasteiger partial charge is 0.444 e. The SMILES string of the molecule is CC.CN(C)CCNC(=O)c1nn(-c2ccc(C=O)cc2)cc1NC(=O)c1coc(-c2ccnc(N(CC(F)(F)F)C(=O)OC(C)(C)C)c2)n1. The second-order valence-corrected chi connectivity index (χ2v) is 11.7. The van der Waals surface area contributed by atoms with Gasteiger partial charge in [0.25, 0.3) is 11.8 Å². The molecule has 0 spiro atoms. The Labute approximate surface area is 286 Å². The van der Waals surface area contributed by atoms with Gasteiger partial charge in [0, 0.05) is 30.4 Å². The third-order valence-corrected chi connectivity index (χ3v) is 6.27. The first-order valence-corrected chi connectivity index (χ1v) is 15.4. The number of amides is 3.